The molecular weight excluding hydrogens is 566 g/mol. The first kappa shape index (κ1) is 31.0. The monoisotopic (exact) mass is 607 g/mol. The largest absolute Gasteiger partial charge is 0.494 e. The van der Waals surface area contributed by atoms with Crippen LogP contribution in [-0.4, -0.2) is 89.3 Å². The van der Waals surface area contributed by atoms with Crippen molar-refractivity contribution >= 4 is 40.6 Å². The molecule has 0 radical (unpaired) electrons. The van der Waals surface area contributed by atoms with Crippen LogP contribution in [0.25, 0.3) is 0 Å². The number of hydrogen-bond acceptors (Lipinski definition) is 9. The minimum atomic E-state index is -0.178. The average Bonchev–Trinajstić information content (AvgIpc) is 3.22. The predicted octanol–water partition coefficient (Wildman–Crippen LogP) is 4.62. The van der Waals surface area contributed by atoms with E-state index in [9.17, 15) is 9.90 Å². The summed E-state index contributed by atoms with van der Waals surface area (Å²) in [5.41, 5.74) is 4.43. The lowest BCUT2D eigenvalue weighted by Gasteiger charge is -2.39. The molecule has 1 atom stereocenters. The van der Waals surface area contributed by atoms with Crippen LogP contribution >= 0.6 is 11.6 Å². The maximum absolute atomic E-state index is 12.8. The number of para-hydroxylation sites is 1. The highest BCUT2D eigenvalue weighted by molar-refractivity contribution is 6.33. The summed E-state index contributed by atoms with van der Waals surface area (Å²) in [6, 6.07) is 12.0. The van der Waals surface area contributed by atoms with Gasteiger partial charge < -0.3 is 25.8 Å². The third-order valence-electron chi connectivity index (χ3n) is 8.16. The molecule has 5 rings (SSSR count). The van der Waals surface area contributed by atoms with Gasteiger partial charge in [0.15, 0.2) is 5.82 Å². The van der Waals surface area contributed by atoms with Gasteiger partial charge in [0.05, 0.1) is 36.9 Å². The van der Waals surface area contributed by atoms with Gasteiger partial charge >= 0.3 is 0 Å². The van der Waals surface area contributed by atoms with Crippen molar-refractivity contribution in [1.29, 1.82) is 0 Å². The van der Waals surface area contributed by atoms with Crippen LogP contribution in [0.2, 0.25) is 5.02 Å². The number of halogens is 1. The van der Waals surface area contributed by atoms with Gasteiger partial charge in [-0.2, -0.15) is 4.98 Å². The zero-order valence-electron chi connectivity index (χ0n) is 25.2. The molecule has 4 N–H and O–H groups in total. The van der Waals surface area contributed by atoms with Crippen LogP contribution in [0.1, 0.15) is 48.2 Å². The number of nitrogens with one attached hydrogen (secondary N) is 3. The second-order valence-electron chi connectivity index (χ2n) is 11.4. The lowest BCUT2D eigenvalue weighted by atomic mass is 9.98. The fourth-order valence-electron chi connectivity index (χ4n) is 6.03. The van der Waals surface area contributed by atoms with Gasteiger partial charge in [0.1, 0.15) is 10.8 Å². The maximum Gasteiger partial charge on any atom is 0.253 e. The Morgan fingerprint density at radius 3 is 2.65 bits per heavy atom. The summed E-state index contributed by atoms with van der Waals surface area (Å²) >= 11 is 6.48. The number of rotatable bonds is 10. The zero-order chi connectivity index (χ0) is 30.3. The second-order valence-corrected chi connectivity index (χ2v) is 11.9. The number of fused-ring (bicyclic) bond motifs is 1. The van der Waals surface area contributed by atoms with E-state index >= 15 is 0 Å². The van der Waals surface area contributed by atoms with Crippen molar-refractivity contribution in [2.75, 3.05) is 57.1 Å². The van der Waals surface area contributed by atoms with Crippen molar-refractivity contribution in [3.05, 3.63) is 64.3 Å². The fourth-order valence-corrected chi connectivity index (χ4v) is 6.17. The Morgan fingerprint density at radius 1 is 1.12 bits per heavy atom. The smallest absolute Gasteiger partial charge is 0.253 e. The highest BCUT2D eigenvalue weighted by atomic mass is 35.5. The molecule has 1 aliphatic heterocycles. The number of carbonyl (C=O) groups excluding carboxylic acids is 1. The molecule has 10 nitrogen and oxygen atoms in total. The van der Waals surface area contributed by atoms with Gasteiger partial charge in [0.25, 0.3) is 5.91 Å². The Kier molecular flexibility index (Phi) is 10.3. The van der Waals surface area contributed by atoms with Crippen LogP contribution in [0.3, 0.4) is 0 Å². The molecule has 3 aromatic rings. The molecular formula is C32H42ClN7O3. The molecule has 1 aromatic heterocycles. The van der Waals surface area contributed by atoms with E-state index in [0.29, 0.717) is 34.1 Å². The Morgan fingerprint density at radius 2 is 1.91 bits per heavy atom. The fraction of sp³-hybridized carbons (Fsp3) is 0.469. The van der Waals surface area contributed by atoms with Gasteiger partial charge in [-0.3, -0.25) is 14.6 Å². The Labute approximate surface area is 258 Å². The second kappa shape index (κ2) is 14.4. The molecule has 230 valence electrons. The number of aromatic nitrogens is 2. The van der Waals surface area contributed by atoms with Crippen molar-refractivity contribution in [3.63, 3.8) is 0 Å². The number of carbonyl (C=O) groups is 1. The molecule has 0 unspecified atom stereocenters. The van der Waals surface area contributed by atoms with Crippen molar-refractivity contribution in [1.82, 2.24) is 25.1 Å². The number of β-amino-alcohol motifs (C(OH)–C–C–N with tert-alkyl or cyclic N) is 1. The minimum absolute atomic E-state index is 0.00823. The topological polar surface area (TPSA) is 115 Å². The molecule has 1 aliphatic carbocycles. The summed E-state index contributed by atoms with van der Waals surface area (Å²) in [7, 11) is 1.71. The molecule has 2 aliphatic rings. The molecule has 0 spiro atoms. The first-order chi connectivity index (χ1) is 20.9. The minimum Gasteiger partial charge on any atom is -0.494 e. The molecule has 1 fully saturated rings. The Balaban J connectivity index is 1.33. The Hall–Kier alpha value is -3.44. The summed E-state index contributed by atoms with van der Waals surface area (Å²) in [5, 5.41) is 19.1. The quantitative estimate of drug-likeness (QED) is 0.245. The van der Waals surface area contributed by atoms with Crippen molar-refractivity contribution < 1.29 is 14.6 Å². The van der Waals surface area contributed by atoms with Crippen molar-refractivity contribution in [2.24, 2.45) is 0 Å². The van der Waals surface area contributed by atoms with E-state index in [-0.39, 0.29) is 18.6 Å². The van der Waals surface area contributed by atoms with Crippen LogP contribution in [0.4, 0.5) is 23.1 Å². The number of aliphatic hydroxyl groups excluding tert-OH is 1. The number of hydrogen-bond donors (Lipinski definition) is 4. The maximum atomic E-state index is 12.8. The average molecular weight is 608 g/mol. The van der Waals surface area contributed by atoms with Crippen LogP contribution in [0, 0.1) is 0 Å². The number of aliphatic hydroxyl groups is 1. The van der Waals surface area contributed by atoms with Gasteiger partial charge in [-0.15, -0.1) is 0 Å². The number of piperazine rings is 1. The van der Waals surface area contributed by atoms with E-state index in [2.05, 4.69) is 41.8 Å². The lowest BCUT2D eigenvalue weighted by Crippen LogP contribution is -2.51. The summed E-state index contributed by atoms with van der Waals surface area (Å²) in [4.78, 5) is 26.8. The van der Waals surface area contributed by atoms with Gasteiger partial charge in [-0.25, -0.2) is 4.98 Å². The van der Waals surface area contributed by atoms with E-state index in [1.54, 1.807) is 13.2 Å². The molecule has 0 saturated carbocycles. The zero-order valence-corrected chi connectivity index (χ0v) is 26.0. The van der Waals surface area contributed by atoms with Crippen LogP contribution in [-0.2, 0) is 12.8 Å². The summed E-state index contributed by atoms with van der Waals surface area (Å²) in [5.74, 6) is 1.39. The molecule has 2 aromatic carbocycles. The number of ether oxygens (including phenoxy) is 1. The van der Waals surface area contributed by atoms with E-state index in [4.69, 9.17) is 16.3 Å². The van der Waals surface area contributed by atoms with Crippen LogP contribution in [0.5, 0.6) is 5.75 Å². The molecule has 1 amide bonds. The van der Waals surface area contributed by atoms with Gasteiger partial charge in [-0.1, -0.05) is 29.8 Å². The predicted molar refractivity (Wildman–Crippen MR) is 171 cm³/mol. The molecule has 0 bridgehead atoms. The van der Waals surface area contributed by atoms with E-state index in [0.717, 1.165) is 69.8 Å². The highest BCUT2D eigenvalue weighted by Gasteiger charge is 2.28. The van der Waals surface area contributed by atoms with Crippen LogP contribution in [0.15, 0.2) is 42.6 Å². The standard InChI is InChI=1S/C32H42ClN7O3/c1-21(2)35-31(42)25-8-4-5-10-27(25)36-30-26(33)20-34-32(38-30)37-28-12-11-22-19-23(7-6-9-24(22)29(28)43-3)40-15-13-39(14-16-40)17-18-41/h4-5,8,10-12,20-21,23,41H,6-7,9,13-19H2,1-3H3,(H,35,42)(H2,34,36,37,38)/t23-/m1/s1. The van der Waals surface area contributed by atoms with Crippen molar-refractivity contribution in [2.45, 2.75) is 51.6 Å². The third-order valence-corrected chi connectivity index (χ3v) is 8.43. The highest BCUT2D eigenvalue weighted by Crippen LogP contribution is 2.38. The van der Waals surface area contributed by atoms with E-state index in [1.165, 1.54) is 17.3 Å². The first-order valence-electron chi connectivity index (χ1n) is 15.1. The molecule has 43 heavy (non-hydrogen) atoms. The number of amides is 1. The summed E-state index contributed by atoms with van der Waals surface area (Å²) in [6.45, 7) is 8.90. The summed E-state index contributed by atoms with van der Waals surface area (Å²) < 4.78 is 5.97. The van der Waals surface area contributed by atoms with Gasteiger partial charge in [-0.05, 0) is 68.9 Å². The molecule has 2 heterocycles. The van der Waals surface area contributed by atoms with Gasteiger partial charge in [0, 0.05) is 44.8 Å². The number of benzene rings is 2. The SMILES string of the molecule is COc1c(Nc2ncc(Cl)c(Nc3ccccc3C(=O)NC(C)C)n2)ccc2c1CCC[C@@H](N1CCN(CCO)CC1)C2. The number of nitrogens with zero attached hydrogens (tertiary/aromatic N) is 4. The van der Waals surface area contributed by atoms with Crippen LogP contribution < -0.4 is 20.7 Å². The first-order valence-corrected chi connectivity index (χ1v) is 15.5. The normalized spacial score (nSPS) is 17.7. The van der Waals surface area contributed by atoms with Gasteiger partial charge in [0.2, 0.25) is 5.95 Å². The lowest BCUT2D eigenvalue weighted by molar-refractivity contribution is 0.0805. The molecule has 11 heteroatoms. The Bertz CT molecular complexity index is 1410. The van der Waals surface area contributed by atoms with E-state index in [1.807, 2.05) is 38.1 Å². The van der Waals surface area contributed by atoms with Crippen molar-refractivity contribution in [3.8, 4) is 5.75 Å². The number of methoxy groups -OCH3 is 1. The number of anilines is 4. The van der Waals surface area contributed by atoms with E-state index < -0.39 is 0 Å². The summed E-state index contributed by atoms with van der Waals surface area (Å²) in [6.07, 6.45) is 5.70. The molecule has 1 saturated heterocycles. The third kappa shape index (κ3) is 7.56.